The standard InChI is InChI=1S/C17H17ClFNO4S/c1-10(11-4-7-16(24-2)15(19)8-11)20-17(21)13-9-12(25(3,22)23)5-6-14(13)18/h4-10H,1-3H3,(H,20,21)/t10-/m0/s1. The molecule has 0 aliphatic carbocycles. The molecule has 1 amide bonds. The third-order valence-corrected chi connectivity index (χ3v) is 5.07. The van der Waals surface area contributed by atoms with Gasteiger partial charge in [0.25, 0.3) is 5.91 Å². The summed E-state index contributed by atoms with van der Waals surface area (Å²) in [5, 5.41) is 2.79. The molecule has 0 saturated heterocycles. The zero-order valence-corrected chi connectivity index (χ0v) is 15.4. The van der Waals surface area contributed by atoms with Crippen LogP contribution in [0, 0.1) is 5.82 Å². The van der Waals surface area contributed by atoms with Gasteiger partial charge in [0.05, 0.1) is 28.6 Å². The van der Waals surface area contributed by atoms with Gasteiger partial charge >= 0.3 is 0 Å². The van der Waals surface area contributed by atoms with E-state index in [1.807, 2.05) is 0 Å². The van der Waals surface area contributed by atoms with Crippen LogP contribution in [0.5, 0.6) is 5.75 Å². The summed E-state index contributed by atoms with van der Waals surface area (Å²) in [7, 11) is -2.11. The number of rotatable bonds is 5. The SMILES string of the molecule is COc1ccc([C@H](C)NC(=O)c2cc(S(C)(=O)=O)ccc2Cl)cc1F. The van der Waals surface area contributed by atoms with Gasteiger partial charge in [-0.15, -0.1) is 0 Å². The molecule has 0 aliphatic rings. The lowest BCUT2D eigenvalue weighted by molar-refractivity contribution is 0.0939. The predicted molar refractivity (Wildman–Crippen MR) is 93.4 cm³/mol. The molecule has 0 heterocycles. The summed E-state index contributed by atoms with van der Waals surface area (Å²) < 4.78 is 41.9. The Hall–Kier alpha value is -2.12. The highest BCUT2D eigenvalue weighted by Crippen LogP contribution is 2.24. The van der Waals surface area contributed by atoms with Crippen molar-refractivity contribution in [2.24, 2.45) is 0 Å². The maximum absolute atomic E-state index is 13.8. The molecule has 25 heavy (non-hydrogen) atoms. The molecule has 2 aromatic rings. The molecule has 8 heteroatoms. The van der Waals surface area contributed by atoms with Gasteiger partial charge in [0.15, 0.2) is 21.4 Å². The van der Waals surface area contributed by atoms with E-state index >= 15 is 0 Å². The van der Waals surface area contributed by atoms with Crippen LogP contribution in [0.15, 0.2) is 41.3 Å². The van der Waals surface area contributed by atoms with Gasteiger partial charge in [0, 0.05) is 6.26 Å². The summed E-state index contributed by atoms with van der Waals surface area (Å²) in [6.45, 7) is 1.67. The molecule has 1 atom stereocenters. The number of ether oxygens (including phenoxy) is 1. The summed E-state index contributed by atoms with van der Waals surface area (Å²) in [5.41, 5.74) is 0.562. The van der Waals surface area contributed by atoms with E-state index in [1.165, 1.54) is 37.4 Å². The van der Waals surface area contributed by atoms with Gasteiger partial charge in [-0.05, 0) is 42.8 Å². The number of nitrogens with one attached hydrogen (secondary N) is 1. The molecular weight excluding hydrogens is 369 g/mol. The first kappa shape index (κ1) is 19.2. The van der Waals surface area contributed by atoms with E-state index in [2.05, 4.69) is 5.32 Å². The fourth-order valence-corrected chi connectivity index (χ4v) is 3.07. The second-order valence-electron chi connectivity index (χ2n) is 5.50. The van der Waals surface area contributed by atoms with Gasteiger partial charge in [0.1, 0.15) is 0 Å². The van der Waals surface area contributed by atoms with Crippen molar-refractivity contribution in [1.29, 1.82) is 0 Å². The fourth-order valence-electron chi connectivity index (χ4n) is 2.22. The largest absolute Gasteiger partial charge is 0.494 e. The zero-order valence-electron chi connectivity index (χ0n) is 13.8. The summed E-state index contributed by atoms with van der Waals surface area (Å²) >= 11 is 6.00. The van der Waals surface area contributed by atoms with Gasteiger partial charge < -0.3 is 10.1 Å². The third kappa shape index (κ3) is 4.49. The highest BCUT2D eigenvalue weighted by Gasteiger charge is 2.18. The van der Waals surface area contributed by atoms with Gasteiger partial charge in [-0.3, -0.25) is 4.79 Å². The number of carbonyl (C=O) groups excluding carboxylic acids is 1. The first-order valence-electron chi connectivity index (χ1n) is 7.27. The van der Waals surface area contributed by atoms with Crippen LogP contribution in [0.1, 0.15) is 28.9 Å². The first-order valence-corrected chi connectivity index (χ1v) is 9.54. The van der Waals surface area contributed by atoms with E-state index in [9.17, 15) is 17.6 Å². The Morgan fingerprint density at radius 3 is 2.48 bits per heavy atom. The van der Waals surface area contributed by atoms with Crippen molar-refractivity contribution in [3.8, 4) is 5.75 Å². The topological polar surface area (TPSA) is 72.5 Å². The number of halogens is 2. The van der Waals surface area contributed by atoms with Crippen LogP contribution in [-0.2, 0) is 9.84 Å². The normalized spacial score (nSPS) is 12.5. The number of hydrogen-bond donors (Lipinski definition) is 1. The minimum atomic E-state index is -3.47. The maximum Gasteiger partial charge on any atom is 0.253 e. The third-order valence-electron chi connectivity index (χ3n) is 3.63. The predicted octanol–water partition coefficient (Wildman–Crippen LogP) is 3.38. The monoisotopic (exact) mass is 385 g/mol. The Morgan fingerprint density at radius 1 is 1.24 bits per heavy atom. The second-order valence-corrected chi connectivity index (χ2v) is 7.93. The number of carbonyl (C=O) groups is 1. The number of sulfone groups is 1. The molecule has 0 fully saturated rings. The Kier molecular flexibility index (Phi) is 5.69. The molecule has 1 N–H and O–H groups in total. The van der Waals surface area contributed by atoms with E-state index in [-0.39, 0.29) is 21.2 Å². The minimum absolute atomic E-state index is 0.00908. The lowest BCUT2D eigenvalue weighted by Crippen LogP contribution is -2.27. The van der Waals surface area contributed by atoms with Crippen LogP contribution < -0.4 is 10.1 Å². The molecule has 5 nitrogen and oxygen atoms in total. The van der Waals surface area contributed by atoms with E-state index in [4.69, 9.17) is 16.3 Å². The Morgan fingerprint density at radius 2 is 1.92 bits per heavy atom. The smallest absolute Gasteiger partial charge is 0.253 e. The molecule has 0 aromatic heterocycles. The van der Waals surface area contributed by atoms with Crippen molar-refractivity contribution in [1.82, 2.24) is 5.32 Å². The highest BCUT2D eigenvalue weighted by atomic mass is 35.5. The molecule has 134 valence electrons. The maximum atomic E-state index is 13.8. The summed E-state index contributed by atoms with van der Waals surface area (Å²) in [4.78, 5) is 12.4. The van der Waals surface area contributed by atoms with Crippen molar-refractivity contribution in [3.05, 3.63) is 58.4 Å². The number of hydrogen-bond acceptors (Lipinski definition) is 4. The summed E-state index contributed by atoms with van der Waals surface area (Å²) in [6.07, 6.45) is 1.04. The van der Waals surface area contributed by atoms with Crippen molar-refractivity contribution < 1.29 is 22.3 Å². The van der Waals surface area contributed by atoms with Crippen LogP contribution in [0.3, 0.4) is 0 Å². The molecule has 0 aliphatic heterocycles. The van der Waals surface area contributed by atoms with Gasteiger partial charge in [-0.2, -0.15) is 0 Å². The molecule has 0 unspecified atom stereocenters. The fraction of sp³-hybridized carbons (Fsp3) is 0.235. The van der Waals surface area contributed by atoms with Crippen LogP contribution in [0.4, 0.5) is 4.39 Å². The lowest BCUT2D eigenvalue weighted by Gasteiger charge is -2.16. The first-order chi connectivity index (χ1) is 11.6. The summed E-state index contributed by atoms with van der Waals surface area (Å²) in [6, 6.07) is 7.73. The molecule has 0 saturated carbocycles. The number of amides is 1. The number of benzene rings is 2. The van der Waals surface area contributed by atoms with Gasteiger partial charge in [-0.1, -0.05) is 17.7 Å². The van der Waals surface area contributed by atoms with Crippen molar-refractivity contribution in [2.45, 2.75) is 17.9 Å². The van der Waals surface area contributed by atoms with Crippen LogP contribution in [0.2, 0.25) is 5.02 Å². The minimum Gasteiger partial charge on any atom is -0.494 e. The lowest BCUT2D eigenvalue weighted by atomic mass is 10.1. The van der Waals surface area contributed by atoms with Crippen LogP contribution >= 0.6 is 11.6 Å². The van der Waals surface area contributed by atoms with Crippen molar-refractivity contribution in [2.75, 3.05) is 13.4 Å². The van der Waals surface area contributed by atoms with Crippen molar-refractivity contribution >= 4 is 27.3 Å². The van der Waals surface area contributed by atoms with E-state index in [0.29, 0.717) is 5.56 Å². The van der Waals surface area contributed by atoms with Crippen LogP contribution in [-0.4, -0.2) is 27.7 Å². The Bertz CT molecular complexity index is 915. The molecule has 0 radical (unpaired) electrons. The van der Waals surface area contributed by atoms with Gasteiger partial charge in [0.2, 0.25) is 0 Å². The summed E-state index contributed by atoms with van der Waals surface area (Å²) in [5.74, 6) is -0.997. The highest BCUT2D eigenvalue weighted by molar-refractivity contribution is 7.90. The van der Waals surface area contributed by atoms with E-state index < -0.39 is 27.6 Å². The average Bonchev–Trinajstić information content (AvgIpc) is 2.53. The quantitative estimate of drug-likeness (QED) is 0.856. The van der Waals surface area contributed by atoms with Crippen LogP contribution in [0.25, 0.3) is 0 Å². The van der Waals surface area contributed by atoms with Gasteiger partial charge in [-0.25, -0.2) is 12.8 Å². The van der Waals surface area contributed by atoms with E-state index in [1.54, 1.807) is 13.0 Å². The molecule has 0 bridgehead atoms. The van der Waals surface area contributed by atoms with Crippen molar-refractivity contribution in [3.63, 3.8) is 0 Å². The molecular formula is C17H17ClFNO4S. The molecule has 2 rings (SSSR count). The number of methoxy groups -OCH3 is 1. The molecule has 0 spiro atoms. The zero-order chi connectivity index (χ0) is 18.8. The average molecular weight is 386 g/mol. The van der Waals surface area contributed by atoms with E-state index in [0.717, 1.165) is 6.26 Å². The second kappa shape index (κ2) is 7.41. The Balaban J connectivity index is 2.26. The Labute approximate surface area is 150 Å². The molecule has 2 aromatic carbocycles.